The summed E-state index contributed by atoms with van der Waals surface area (Å²) in [5.41, 5.74) is 1.23. The fraction of sp³-hybridized carbons (Fsp3) is 0.188. The van der Waals surface area contributed by atoms with E-state index in [2.05, 4.69) is 33.1 Å². The summed E-state index contributed by atoms with van der Waals surface area (Å²) in [4.78, 5) is 13.3. The van der Waals surface area contributed by atoms with Gasteiger partial charge < -0.3 is 10.4 Å². The summed E-state index contributed by atoms with van der Waals surface area (Å²) in [6.45, 7) is 0.516. The second kappa shape index (κ2) is 7.99. The van der Waals surface area contributed by atoms with Crippen LogP contribution in [0.3, 0.4) is 0 Å². The normalized spacial score (nSPS) is 9.81. The molecule has 108 valence electrons. The average molecular weight is 364 g/mol. The maximum absolute atomic E-state index is 12.2. The number of benzene rings is 1. The van der Waals surface area contributed by atoms with Gasteiger partial charge >= 0.3 is 0 Å². The van der Waals surface area contributed by atoms with E-state index in [1.54, 1.807) is 23.5 Å². The third-order valence-electron chi connectivity index (χ3n) is 2.68. The largest absolute Gasteiger partial charge is 0.395 e. The van der Waals surface area contributed by atoms with E-state index in [0.717, 1.165) is 9.35 Å². The van der Waals surface area contributed by atoms with Crippen molar-refractivity contribution < 1.29 is 9.90 Å². The second-order valence-electron chi connectivity index (χ2n) is 4.23. The first-order chi connectivity index (χ1) is 10.2. The van der Waals surface area contributed by atoms with Crippen LogP contribution in [0.15, 0.2) is 40.2 Å². The second-order valence-corrected chi connectivity index (χ2v) is 6.15. The van der Waals surface area contributed by atoms with E-state index in [-0.39, 0.29) is 12.5 Å². The topological polar surface area (TPSA) is 49.3 Å². The van der Waals surface area contributed by atoms with E-state index in [9.17, 15) is 4.79 Å². The van der Waals surface area contributed by atoms with Gasteiger partial charge in [0.05, 0.1) is 18.7 Å². The molecule has 0 saturated heterocycles. The van der Waals surface area contributed by atoms with Crippen molar-refractivity contribution >= 4 is 33.2 Å². The van der Waals surface area contributed by atoms with Crippen LogP contribution in [-0.4, -0.2) is 17.6 Å². The van der Waals surface area contributed by atoms with Gasteiger partial charge in [0.15, 0.2) is 0 Å². The van der Waals surface area contributed by atoms with Gasteiger partial charge in [-0.15, -0.1) is 11.3 Å². The minimum atomic E-state index is -0.145. The molecule has 0 bridgehead atoms. The lowest BCUT2D eigenvalue weighted by molar-refractivity contribution is 0.0951. The first kappa shape index (κ1) is 15.8. The smallest absolute Gasteiger partial charge is 0.252 e. The van der Waals surface area contributed by atoms with Gasteiger partial charge in [0.2, 0.25) is 0 Å². The summed E-state index contributed by atoms with van der Waals surface area (Å²) in [6, 6.07) is 9.20. The molecule has 2 rings (SSSR count). The Morgan fingerprint density at radius 3 is 2.90 bits per heavy atom. The third-order valence-corrected chi connectivity index (χ3v) is 4.37. The predicted octanol–water partition coefficient (Wildman–Crippen LogP) is 3.17. The molecule has 0 unspecified atom stereocenters. The molecule has 0 saturated carbocycles. The summed E-state index contributed by atoms with van der Waals surface area (Å²) < 4.78 is 1.02. The van der Waals surface area contributed by atoms with Gasteiger partial charge in [-0.1, -0.05) is 24.0 Å². The Balaban J connectivity index is 2.07. The standard InChI is InChI=1S/C16H14BrNO2S/c17-13-9-14(21-11-13)10-18-16(20)15-7-2-1-5-12(15)6-3-4-8-19/h1-2,5,7,9,11,19H,4,8,10H2,(H,18,20). The molecule has 0 atom stereocenters. The third kappa shape index (κ3) is 4.71. The molecule has 1 amide bonds. The minimum Gasteiger partial charge on any atom is -0.395 e. The highest BCUT2D eigenvalue weighted by atomic mass is 79.9. The van der Waals surface area contributed by atoms with Gasteiger partial charge in [-0.3, -0.25) is 4.79 Å². The average Bonchev–Trinajstić information content (AvgIpc) is 2.91. The van der Waals surface area contributed by atoms with Crippen molar-refractivity contribution in [2.75, 3.05) is 6.61 Å². The van der Waals surface area contributed by atoms with Crippen LogP contribution in [-0.2, 0) is 6.54 Å². The number of hydrogen-bond donors (Lipinski definition) is 2. The minimum absolute atomic E-state index is 0.0224. The molecule has 3 nitrogen and oxygen atoms in total. The summed E-state index contributed by atoms with van der Waals surface area (Å²) in [5, 5.41) is 13.6. The lowest BCUT2D eigenvalue weighted by Gasteiger charge is -2.05. The number of carbonyl (C=O) groups is 1. The lowest BCUT2D eigenvalue weighted by Crippen LogP contribution is -2.23. The van der Waals surface area contributed by atoms with Crippen LogP contribution < -0.4 is 5.32 Å². The zero-order valence-corrected chi connectivity index (χ0v) is 13.6. The number of thiophene rings is 1. The number of nitrogens with one attached hydrogen (secondary N) is 1. The number of halogens is 1. The number of rotatable bonds is 4. The Hall–Kier alpha value is -1.61. The number of aliphatic hydroxyl groups excluding tert-OH is 1. The highest BCUT2D eigenvalue weighted by Crippen LogP contribution is 2.19. The van der Waals surface area contributed by atoms with E-state index in [1.807, 2.05) is 23.6 Å². The molecule has 0 aliphatic heterocycles. The van der Waals surface area contributed by atoms with Crippen molar-refractivity contribution in [2.24, 2.45) is 0 Å². The van der Waals surface area contributed by atoms with Crippen LogP contribution in [0.25, 0.3) is 0 Å². The van der Waals surface area contributed by atoms with Crippen molar-refractivity contribution in [3.05, 3.63) is 56.2 Å². The molecule has 0 aliphatic carbocycles. The van der Waals surface area contributed by atoms with E-state index in [1.165, 1.54) is 0 Å². The molecule has 0 aliphatic rings. The van der Waals surface area contributed by atoms with E-state index >= 15 is 0 Å². The fourth-order valence-electron chi connectivity index (χ4n) is 1.71. The SMILES string of the molecule is O=C(NCc1cc(Br)cs1)c1ccccc1C#CCCO. The quantitative estimate of drug-likeness (QED) is 0.819. The molecular formula is C16H14BrNO2S. The Morgan fingerprint density at radius 1 is 1.38 bits per heavy atom. The van der Waals surface area contributed by atoms with E-state index < -0.39 is 0 Å². The van der Waals surface area contributed by atoms with Crippen LogP contribution in [0.4, 0.5) is 0 Å². The van der Waals surface area contributed by atoms with E-state index in [4.69, 9.17) is 5.11 Å². The highest BCUT2D eigenvalue weighted by Gasteiger charge is 2.09. The van der Waals surface area contributed by atoms with Crippen molar-refractivity contribution in [3.8, 4) is 11.8 Å². The summed E-state index contributed by atoms with van der Waals surface area (Å²) in [6.07, 6.45) is 0.402. The number of carbonyl (C=O) groups excluding carboxylic acids is 1. The maximum Gasteiger partial charge on any atom is 0.252 e. The summed E-state index contributed by atoms with van der Waals surface area (Å²) in [5.74, 6) is 5.62. The highest BCUT2D eigenvalue weighted by molar-refractivity contribution is 9.10. The zero-order valence-electron chi connectivity index (χ0n) is 11.2. The summed E-state index contributed by atoms with van der Waals surface area (Å²) in [7, 11) is 0. The molecule has 0 spiro atoms. The Bertz CT molecular complexity index is 685. The monoisotopic (exact) mass is 363 g/mol. The maximum atomic E-state index is 12.2. The van der Waals surface area contributed by atoms with Gasteiger partial charge in [0, 0.05) is 26.7 Å². The predicted molar refractivity (Wildman–Crippen MR) is 88.2 cm³/mol. The number of hydrogen-bond acceptors (Lipinski definition) is 3. The van der Waals surface area contributed by atoms with Crippen LogP contribution in [0.2, 0.25) is 0 Å². The van der Waals surface area contributed by atoms with E-state index in [0.29, 0.717) is 24.1 Å². The van der Waals surface area contributed by atoms with Gasteiger partial charge in [-0.25, -0.2) is 0 Å². The lowest BCUT2D eigenvalue weighted by atomic mass is 10.1. The van der Waals surface area contributed by atoms with Crippen LogP contribution in [0.5, 0.6) is 0 Å². The van der Waals surface area contributed by atoms with Crippen LogP contribution >= 0.6 is 27.3 Å². The van der Waals surface area contributed by atoms with Crippen molar-refractivity contribution in [1.82, 2.24) is 5.32 Å². The molecule has 1 aromatic heterocycles. The Kier molecular flexibility index (Phi) is 6.00. The molecule has 5 heteroatoms. The number of amides is 1. The van der Waals surface area contributed by atoms with Gasteiger partial charge in [0.1, 0.15) is 0 Å². The molecular weight excluding hydrogens is 350 g/mol. The zero-order chi connectivity index (χ0) is 15.1. The van der Waals surface area contributed by atoms with Gasteiger partial charge in [-0.2, -0.15) is 0 Å². The molecule has 21 heavy (non-hydrogen) atoms. The molecule has 0 fully saturated rings. The molecule has 0 radical (unpaired) electrons. The molecule has 2 aromatic rings. The van der Waals surface area contributed by atoms with Crippen molar-refractivity contribution in [2.45, 2.75) is 13.0 Å². The Labute approximate surface area is 136 Å². The van der Waals surface area contributed by atoms with Crippen LogP contribution in [0.1, 0.15) is 27.2 Å². The fourth-order valence-corrected chi connectivity index (χ4v) is 3.10. The molecule has 2 N–H and O–H groups in total. The van der Waals surface area contributed by atoms with Gasteiger partial charge in [-0.05, 0) is 34.1 Å². The molecule has 1 heterocycles. The van der Waals surface area contributed by atoms with Gasteiger partial charge in [0.25, 0.3) is 5.91 Å². The first-order valence-electron chi connectivity index (χ1n) is 6.40. The van der Waals surface area contributed by atoms with Crippen LogP contribution in [0, 0.1) is 11.8 Å². The van der Waals surface area contributed by atoms with Crippen molar-refractivity contribution in [1.29, 1.82) is 0 Å². The Morgan fingerprint density at radius 2 is 2.19 bits per heavy atom. The summed E-state index contributed by atoms with van der Waals surface area (Å²) >= 11 is 4.98. The first-order valence-corrected chi connectivity index (χ1v) is 8.08. The van der Waals surface area contributed by atoms with Crippen molar-refractivity contribution in [3.63, 3.8) is 0 Å². The molecule has 1 aromatic carbocycles. The number of aliphatic hydroxyl groups is 1.